The fraction of sp³-hybridized carbons (Fsp3) is 0.231. The van der Waals surface area contributed by atoms with Gasteiger partial charge in [-0.05, 0) is 12.1 Å². The van der Waals surface area contributed by atoms with Gasteiger partial charge in [0, 0.05) is 13.1 Å². The van der Waals surface area contributed by atoms with Crippen LogP contribution in [0.15, 0.2) is 24.8 Å². The average Bonchev–Trinajstić information content (AvgIpc) is 2.64. The Balaban J connectivity index is 2.43. The van der Waals surface area contributed by atoms with Gasteiger partial charge >= 0.3 is 0 Å². The van der Waals surface area contributed by atoms with Gasteiger partial charge in [-0.1, -0.05) is 6.08 Å². The number of halogens is 1. The molecule has 0 saturated carbocycles. The van der Waals surface area contributed by atoms with Crippen LogP contribution in [-0.4, -0.2) is 36.5 Å². The van der Waals surface area contributed by atoms with Crippen molar-refractivity contribution in [2.24, 2.45) is 0 Å². The Morgan fingerprint density at radius 1 is 1.42 bits per heavy atom. The van der Waals surface area contributed by atoms with Crippen LogP contribution in [0.2, 0.25) is 0 Å². The molecule has 0 bridgehead atoms. The standard InChI is InChI=1S/C13H13FN2O3/c1-2-3-16(4-5-17)11-7-10-8(6-9(11)14)12(18)13(19)15-10/h2,6-7,17H,1,3-5H2,(H,15,18,19). The van der Waals surface area contributed by atoms with Gasteiger partial charge in [0.2, 0.25) is 0 Å². The lowest BCUT2D eigenvalue weighted by atomic mass is 10.1. The van der Waals surface area contributed by atoms with Crippen LogP contribution in [0, 0.1) is 5.82 Å². The van der Waals surface area contributed by atoms with Gasteiger partial charge in [-0.15, -0.1) is 6.58 Å². The molecule has 0 unspecified atom stereocenters. The molecular formula is C13H13FN2O3. The Labute approximate surface area is 109 Å². The van der Waals surface area contributed by atoms with Crippen LogP contribution >= 0.6 is 0 Å². The lowest BCUT2D eigenvalue weighted by Gasteiger charge is -2.23. The molecule has 1 aliphatic rings. The highest BCUT2D eigenvalue weighted by Crippen LogP contribution is 2.31. The van der Waals surface area contributed by atoms with Crippen molar-refractivity contribution in [3.63, 3.8) is 0 Å². The first-order chi connectivity index (χ1) is 9.08. The summed E-state index contributed by atoms with van der Waals surface area (Å²) in [5, 5.41) is 11.4. The summed E-state index contributed by atoms with van der Waals surface area (Å²) in [5.74, 6) is -2.11. The van der Waals surface area contributed by atoms with Crippen molar-refractivity contribution in [3.05, 3.63) is 36.2 Å². The summed E-state index contributed by atoms with van der Waals surface area (Å²) in [6.45, 7) is 3.99. The fourth-order valence-corrected chi connectivity index (χ4v) is 1.98. The van der Waals surface area contributed by atoms with Crippen LogP contribution in [0.1, 0.15) is 10.4 Å². The molecule has 2 rings (SSSR count). The van der Waals surface area contributed by atoms with Crippen molar-refractivity contribution < 1.29 is 19.1 Å². The quantitative estimate of drug-likeness (QED) is 0.613. The number of Topliss-reactive ketones (excluding diaryl/α,β-unsaturated/α-hetero) is 1. The van der Waals surface area contributed by atoms with Crippen molar-refractivity contribution in [2.45, 2.75) is 0 Å². The minimum atomic E-state index is -0.760. The summed E-state index contributed by atoms with van der Waals surface area (Å²) < 4.78 is 14.0. The summed E-state index contributed by atoms with van der Waals surface area (Å²) in [6, 6.07) is 2.44. The van der Waals surface area contributed by atoms with Gasteiger partial charge in [0.25, 0.3) is 11.7 Å². The first kappa shape index (κ1) is 13.2. The van der Waals surface area contributed by atoms with E-state index < -0.39 is 17.5 Å². The number of nitrogens with zero attached hydrogens (tertiary/aromatic N) is 1. The topological polar surface area (TPSA) is 69.6 Å². The summed E-state index contributed by atoms with van der Waals surface area (Å²) in [4.78, 5) is 24.2. The lowest BCUT2D eigenvalue weighted by molar-refractivity contribution is -0.112. The lowest BCUT2D eigenvalue weighted by Crippen LogP contribution is -2.27. The number of carbonyl (C=O) groups is 2. The highest BCUT2D eigenvalue weighted by Gasteiger charge is 2.30. The smallest absolute Gasteiger partial charge is 0.296 e. The zero-order chi connectivity index (χ0) is 14.0. The number of nitrogens with one attached hydrogen (secondary N) is 1. The number of carbonyl (C=O) groups excluding carboxylic acids is 2. The van der Waals surface area contributed by atoms with Gasteiger partial charge in [-0.25, -0.2) is 4.39 Å². The summed E-state index contributed by atoms with van der Waals surface area (Å²) in [5.41, 5.74) is 0.537. The minimum Gasteiger partial charge on any atom is -0.395 e. The Morgan fingerprint density at radius 3 is 2.79 bits per heavy atom. The van der Waals surface area contributed by atoms with Crippen molar-refractivity contribution in [1.29, 1.82) is 0 Å². The number of hydrogen-bond acceptors (Lipinski definition) is 4. The Kier molecular flexibility index (Phi) is 3.62. The molecule has 0 aliphatic carbocycles. The van der Waals surface area contributed by atoms with Crippen LogP contribution in [-0.2, 0) is 4.79 Å². The van der Waals surface area contributed by atoms with E-state index in [0.717, 1.165) is 6.07 Å². The normalized spacial score (nSPS) is 13.2. The van der Waals surface area contributed by atoms with E-state index in [1.54, 1.807) is 11.0 Å². The molecule has 1 aromatic carbocycles. The van der Waals surface area contributed by atoms with Gasteiger partial charge in [0.1, 0.15) is 5.82 Å². The first-order valence-corrected chi connectivity index (χ1v) is 5.74. The van der Waals surface area contributed by atoms with Crippen molar-refractivity contribution >= 4 is 23.1 Å². The molecule has 0 saturated heterocycles. The zero-order valence-electron chi connectivity index (χ0n) is 10.1. The maximum absolute atomic E-state index is 14.0. The molecule has 100 valence electrons. The number of aliphatic hydroxyl groups excluding tert-OH is 1. The SMILES string of the molecule is C=CCN(CCO)c1cc2c(cc1F)C(=O)C(=O)N2. The zero-order valence-corrected chi connectivity index (χ0v) is 10.1. The van der Waals surface area contributed by atoms with E-state index in [1.165, 1.54) is 6.07 Å². The highest BCUT2D eigenvalue weighted by molar-refractivity contribution is 6.51. The van der Waals surface area contributed by atoms with E-state index in [0.29, 0.717) is 12.2 Å². The molecule has 0 spiro atoms. The van der Waals surface area contributed by atoms with E-state index in [2.05, 4.69) is 11.9 Å². The van der Waals surface area contributed by atoms with Crippen molar-refractivity contribution in [1.82, 2.24) is 0 Å². The molecule has 5 nitrogen and oxygen atoms in total. The molecule has 2 N–H and O–H groups in total. The maximum Gasteiger partial charge on any atom is 0.296 e. The Hall–Kier alpha value is -2.21. The largest absolute Gasteiger partial charge is 0.395 e. The van der Waals surface area contributed by atoms with Gasteiger partial charge in [-0.2, -0.15) is 0 Å². The molecule has 1 aliphatic heterocycles. The Morgan fingerprint density at radius 2 is 2.16 bits per heavy atom. The van der Waals surface area contributed by atoms with Crippen LogP contribution < -0.4 is 10.2 Å². The molecule has 0 atom stereocenters. The maximum atomic E-state index is 14.0. The van der Waals surface area contributed by atoms with E-state index in [9.17, 15) is 14.0 Å². The average molecular weight is 264 g/mol. The monoisotopic (exact) mass is 264 g/mol. The summed E-state index contributed by atoms with van der Waals surface area (Å²) in [6.07, 6.45) is 1.58. The fourth-order valence-electron chi connectivity index (χ4n) is 1.98. The number of ketones is 1. The molecule has 1 aromatic rings. The van der Waals surface area contributed by atoms with Gasteiger partial charge in [0.05, 0.1) is 23.5 Å². The molecule has 0 fully saturated rings. The van der Waals surface area contributed by atoms with Crippen LogP contribution in [0.3, 0.4) is 0 Å². The first-order valence-electron chi connectivity index (χ1n) is 5.74. The number of anilines is 2. The van der Waals surface area contributed by atoms with Crippen molar-refractivity contribution in [2.75, 3.05) is 29.9 Å². The predicted octanol–water partition coefficient (Wildman–Crippen LogP) is 0.945. The third-order valence-corrected chi connectivity index (χ3v) is 2.85. The number of rotatable bonds is 5. The van der Waals surface area contributed by atoms with E-state index >= 15 is 0 Å². The second-order valence-electron chi connectivity index (χ2n) is 4.09. The van der Waals surface area contributed by atoms with Gasteiger partial charge < -0.3 is 15.3 Å². The number of aliphatic hydroxyl groups is 1. The molecular weight excluding hydrogens is 251 g/mol. The van der Waals surface area contributed by atoms with Crippen molar-refractivity contribution in [3.8, 4) is 0 Å². The molecule has 6 heteroatoms. The number of benzene rings is 1. The third-order valence-electron chi connectivity index (χ3n) is 2.85. The van der Waals surface area contributed by atoms with E-state index in [-0.39, 0.29) is 24.4 Å². The minimum absolute atomic E-state index is 0.0359. The molecule has 1 amide bonds. The number of hydrogen-bond donors (Lipinski definition) is 2. The number of amides is 1. The molecule has 0 aromatic heterocycles. The highest BCUT2D eigenvalue weighted by atomic mass is 19.1. The Bertz CT molecular complexity index is 557. The molecule has 1 heterocycles. The van der Waals surface area contributed by atoms with Gasteiger partial charge in [0.15, 0.2) is 0 Å². The second-order valence-corrected chi connectivity index (χ2v) is 4.09. The number of fused-ring (bicyclic) bond motifs is 1. The predicted molar refractivity (Wildman–Crippen MR) is 68.9 cm³/mol. The van der Waals surface area contributed by atoms with Crippen LogP contribution in [0.5, 0.6) is 0 Å². The summed E-state index contributed by atoms with van der Waals surface area (Å²) >= 11 is 0. The van der Waals surface area contributed by atoms with E-state index in [1.807, 2.05) is 0 Å². The molecule has 19 heavy (non-hydrogen) atoms. The van der Waals surface area contributed by atoms with Crippen LogP contribution in [0.25, 0.3) is 0 Å². The summed E-state index contributed by atoms with van der Waals surface area (Å²) in [7, 11) is 0. The van der Waals surface area contributed by atoms with Crippen LogP contribution in [0.4, 0.5) is 15.8 Å². The van der Waals surface area contributed by atoms with E-state index in [4.69, 9.17) is 5.11 Å². The molecule has 0 radical (unpaired) electrons. The second kappa shape index (κ2) is 5.19. The van der Waals surface area contributed by atoms with Gasteiger partial charge in [-0.3, -0.25) is 9.59 Å². The third kappa shape index (κ3) is 2.34.